The zero-order valence-electron chi connectivity index (χ0n) is 31.6. The second kappa shape index (κ2) is 23.8. The summed E-state index contributed by atoms with van der Waals surface area (Å²) >= 11 is 0. The first-order valence-corrected chi connectivity index (χ1v) is 18.3. The van der Waals surface area contributed by atoms with Crippen molar-refractivity contribution in [2.75, 3.05) is 13.1 Å². The van der Waals surface area contributed by atoms with E-state index in [4.69, 9.17) is 4.74 Å². The summed E-state index contributed by atoms with van der Waals surface area (Å²) in [4.78, 5) is 64.6. The minimum Gasteiger partial charge on any atom is -0.459 e. The highest BCUT2D eigenvalue weighted by Gasteiger charge is 2.34. The zero-order chi connectivity index (χ0) is 36.9. The molecule has 0 aromatic heterocycles. The maximum Gasteiger partial charge on any atom is 0.306 e. The second-order valence-corrected chi connectivity index (χ2v) is 14.3. The van der Waals surface area contributed by atoms with Gasteiger partial charge < -0.3 is 20.7 Å². The van der Waals surface area contributed by atoms with Gasteiger partial charge >= 0.3 is 5.97 Å². The van der Waals surface area contributed by atoms with Gasteiger partial charge in [-0.2, -0.15) is 0 Å². The van der Waals surface area contributed by atoms with Crippen LogP contribution in [0.3, 0.4) is 0 Å². The van der Waals surface area contributed by atoms with E-state index in [-0.39, 0.29) is 60.3 Å². The molecule has 0 unspecified atom stereocenters. The van der Waals surface area contributed by atoms with Crippen LogP contribution in [0.4, 0.5) is 0 Å². The Labute approximate surface area is 295 Å². The molecule has 0 saturated carbocycles. The summed E-state index contributed by atoms with van der Waals surface area (Å²) in [7, 11) is 0. The number of amides is 4. The van der Waals surface area contributed by atoms with E-state index in [2.05, 4.69) is 28.3 Å². The molecule has 4 atom stereocenters. The Morgan fingerprint density at radius 2 is 1.22 bits per heavy atom. The van der Waals surface area contributed by atoms with Gasteiger partial charge in [0, 0.05) is 26.8 Å². The van der Waals surface area contributed by atoms with Gasteiger partial charge in [-0.05, 0) is 36.2 Å². The summed E-state index contributed by atoms with van der Waals surface area (Å²) in [5, 5.41) is 10.3. The predicted octanol–water partition coefficient (Wildman–Crippen LogP) is 5.08. The van der Waals surface area contributed by atoms with Crippen molar-refractivity contribution in [2.45, 2.75) is 144 Å². The van der Waals surface area contributed by atoms with E-state index in [0.717, 1.165) is 24.8 Å². The van der Waals surface area contributed by atoms with Crippen LogP contribution in [0.2, 0.25) is 0 Å². The first kappa shape index (κ1) is 43.6. The number of rotatable bonds is 24. The predicted molar refractivity (Wildman–Crippen MR) is 194 cm³/mol. The third kappa shape index (κ3) is 18.8. The van der Waals surface area contributed by atoms with Crippen molar-refractivity contribution in [3.8, 4) is 0 Å². The average Bonchev–Trinajstić information content (AvgIpc) is 3.01. The van der Waals surface area contributed by atoms with Crippen LogP contribution in [-0.4, -0.2) is 71.9 Å². The minimum absolute atomic E-state index is 0.0851. The summed E-state index contributed by atoms with van der Waals surface area (Å²) in [5.74, 6) is -2.03. The quantitative estimate of drug-likeness (QED) is 0.0674. The van der Waals surface area contributed by atoms with Crippen molar-refractivity contribution in [3.63, 3.8) is 0 Å². The fourth-order valence-corrected chi connectivity index (χ4v) is 5.67. The van der Waals surface area contributed by atoms with Crippen molar-refractivity contribution in [2.24, 2.45) is 17.8 Å². The molecule has 4 amide bonds. The van der Waals surface area contributed by atoms with Gasteiger partial charge in [0.2, 0.25) is 17.7 Å². The normalized spacial score (nSPS) is 13.9. The standard InChI is InChI=1S/C38H65N5O6/c1-10-11-12-13-14-15-19-22-34(46)49-33(25-43(24-26(2)3)42-38(48)36(28(6)7)40-30(9)45)32(23-31-20-17-16-18-21-31)41-37(47)35(27(4)5)39-29(8)44/h16-18,20-21,26-28,32-33,35-36H,10-15,19,22-25H2,1-9H3,(H,39,44)(H,40,45)(H,41,47)(H,42,48)/t32-,33-,35-,36-/m0/s1. The molecule has 0 saturated heterocycles. The van der Waals surface area contributed by atoms with Gasteiger partial charge in [-0.3, -0.25) is 29.4 Å². The maximum atomic E-state index is 13.7. The third-order valence-electron chi connectivity index (χ3n) is 8.21. The highest BCUT2D eigenvalue weighted by atomic mass is 16.5. The number of ether oxygens (including phenoxy) is 1. The Balaban J connectivity index is 3.46. The van der Waals surface area contributed by atoms with Gasteiger partial charge in [0.25, 0.3) is 5.91 Å². The smallest absolute Gasteiger partial charge is 0.306 e. The molecule has 1 aromatic carbocycles. The molecule has 11 heteroatoms. The molecule has 0 radical (unpaired) electrons. The number of hydrogen-bond acceptors (Lipinski definition) is 7. The van der Waals surface area contributed by atoms with Crippen LogP contribution in [0.25, 0.3) is 0 Å². The van der Waals surface area contributed by atoms with Crippen LogP contribution in [-0.2, 0) is 35.1 Å². The van der Waals surface area contributed by atoms with Crippen molar-refractivity contribution in [1.29, 1.82) is 0 Å². The lowest BCUT2D eigenvalue weighted by molar-refractivity contribution is -0.154. The number of carbonyl (C=O) groups excluding carboxylic acids is 5. The minimum atomic E-state index is -0.858. The van der Waals surface area contributed by atoms with E-state index in [1.165, 1.54) is 33.1 Å². The van der Waals surface area contributed by atoms with Crippen LogP contribution >= 0.6 is 0 Å². The molecule has 0 aliphatic heterocycles. The van der Waals surface area contributed by atoms with Gasteiger partial charge in [0.15, 0.2) is 0 Å². The van der Waals surface area contributed by atoms with Crippen LogP contribution in [0, 0.1) is 17.8 Å². The molecular weight excluding hydrogens is 622 g/mol. The monoisotopic (exact) mass is 687 g/mol. The molecule has 49 heavy (non-hydrogen) atoms. The third-order valence-corrected chi connectivity index (χ3v) is 8.21. The van der Waals surface area contributed by atoms with Crippen LogP contribution in [0.1, 0.15) is 119 Å². The van der Waals surface area contributed by atoms with Gasteiger partial charge in [0.05, 0.1) is 12.6 Å². The molecular formula is C38H65N5O6. The average molecular weight is 688 g/mol. The Kier molecular flexibility index (Phi) is 21.2. The van der Waals surface area contributed by atoms with Crippen molar-refractivity contribution < 1.29 is 28.7 Å². The van der Waals surface area contributed by atoms with Crippen LogP contribution in [0.5, 0.6) is 0 Å². The van der Waals surface area contributed by atoms with E-state index in [9.17, 15) is 24.0 Å². The maximum absolute atomic E-state index is 13.7. The summed E-state index contributed by atoms with van der Waals surface area (Å²) in [6.07, 6.45) is 7.13. The first-order valence-electron chi connectivity index (χ1n) is 18.3. The lowest BCUT2D eigenvalue weighted by Crippen LogP contribution is -2.60. The molecule has 11 nitrogen and oxygen atoms in total. The molecule has 1 rings (SSSR count). The Hall–Kier alpha value is -3.47. The molecule has 0 fully saturated rings. The molecule has 278 valence electrons. The molecule has 0 heterocycles. The van der Waals surface area contributed by atoms with E-state index in [1.54, 1.807) is 5.01 Å². The van der Waals surface area contributed by atoms with Crippen molar-refractivity contribution >= 4 is 29.6 Å². The second-order valence-electron chi connectivity index (χ2n) is 14.3. The molecule has 0 aliphatic carbocycles. The van der Waals surface area contributed by atoms with Gasteiger partial charge in [0.1, 0.15) is 18.2 Å². The molecule has 1 aromatic rings. The largest absolute Gasteiger partial charge is 0.459 e. The van der Waals surface area contributed by atoms with E-state index in [0.29, 0.717) is 19.4 Å². The number of esters is 1. The summed E-state index contributed by atoms with van der Waals surface area (Å²) in [6, 6.07) is 7.35. The molecule has 0 bridgehead atoms. The Morgan fingerprint density at radius 3 is 1.73 bits per heavy atom. The van der Waals surface area contributed by atoms with Gasteiger partial charge in [-0.15, -0.1) is 0 Å². The number of nitrogens with zero attached hydrogens (tertiary/aromatic N) is 1. The highest BCUT2D eigenvalue weighted by molar-refractivity contribution is 5.87. The van der Waals surface area contributed by atoms with Crippen molar-refractivity contribution in [1.82, 2.24) is 26.4 Å². The molecule has 0 spiro atoms. The number of hydrazine groups is 1. The van der Waals surface area contributed by atoms with E-state index in [1.807, 2.05) is 71.9 Å². The number of hydrogen-bond donors (Lipinski definition) is 4. The van der Waals surface area contributed by atoms with Gasteiger partial charge in [-0.1, -0.05) is 117 Å². The summed E-state index contributed by atoms with van der Waals surface area (Å²) < 4.78 is 6.21. The lowest BCUT2D eigenvalue weighted by Gasteiger charge is -2.35. The fraction of sp³-hybridized carbons (Fsp3) is 0.711. The SMILES string of the molecule is CCCCCCCCCC(=O)O[C@@H](CN(CC(C)C)NC(=O)[C@@H](NC(C)=O)C(C)C)[C@H](Cc1ccccc1)NC(=O)[C@@H](NC(C)=O)C(C)C. The molecule has 4 N–H and O–H groups in total. The lowest BCUT2D eigenvalue weighted by atomic mass is 9.98. The van der Waals surface area contributed by atoms with Gasteiger partial charge in [-0.25, -0.2) is 5.01 Å². The number of carbonyl (C=O) groups is 5. The number of benzene rings is 1. The first-order chi connectivity index (χ1) is 23.1. The van der Waals surface area contributed by atoms with E-state index >= 15 is 0 Å². The Bertz CT molecular complexity index is 1140. The summed E-state index contributed by atoms with van der Waals surface area (Å²) in [6.45, 7) is 16.9. The molecule has 0 aliphatic rings. The van der Waals surface area contributed by atoms with Crippen molar-refractivity contribution in [3.05, 3.63) is 35.9 Å². The summed E-state index contributed by atoms with van der Waals surface area (Å²) in [5.41, 5.74) is 3.90. The van der Waals surface area contributed by atoms with Crippen LogP contribution < -0.4 is 21.4 Å². The number of unbranched alkanes of at least 4 members (excludes halogenated alkanes) is 6. The highest BCUT2D eigenvalue weighted by Crippen LogP contribution is 2.16. The zero-order valence-corrected chi connectivity index (χ0v) is 31.6. The Morgan fingerprint density at radius 1 is 0.694 bits per heavy atom. The number of nitrogens with one attached hydrogen (secondary N) is 4. The fourth-order valence-electron chi connectivity index (χ4n) is 5.67. The van der Waals surface area contributed by atoms with E-state index < -0.39 is 24.2 Å². The van der Waals surface area contributed by atoms with Crippen LogP contribution in [0.15, 0.2) is 30.3 Å². The topological polar surface area (TPSA) is 146 Å².